The van der Waals surface area contributed by atoms with E-state index in [1.807, 2.05) is 0 Å². The minimum Gasteiger partial charge on any atom is -0.334 e. The number of benzene rings is 7. The van der Waals surface area contributed by atoms with Crippen LogP contribution in [0.4, 0.5) is 22.7 Å². The van der Waals surface area contributed by atoms with E-state index in [1.165, 1.54) is 83.0 Å². The Morgan fingerprint density at radius 1 is 0.586 bits per heavy atom. The Kier molecular flexibility index (Phi) is 8.11. The van der Waals surface area contributed by atoms with Crippen LogP contribution in [-0.4, -0.2) is 10.6 Å². The maximum Gasteiger partial charge on any atom is 0.0570 e. The van der Waals surface area contributed by atoms with E-state index in [9.17, 15) is 0 Å². The molecule has 0 amide bonds. The third kappa shape index (κ3) is 5.56. The summed E-state index contributed by atoms with van der Waals surface area (Å²) in [5.74, 6) is 0. The third-order valence-corrected chi connectivity index (χ3v) is 12.7. The quantitative estimate of drug-likeness (QED) is 0.161. The minimum atomic E-state index is -0.139. The van der Waals surface area contributed by atoms with E-state index in [0.717, 1.165) is 24.9 Å². The van der Waals surface area contributed by atoms with E-state index in [2.05, 4.69) is 222 Å². The molecule has 0 spiro atoms. The molecule has 11 rings (SSSR count). The second kappa shape index (κ2) is 13.7. The molecule has 280 valence electrons. The molecule has 3 nitrogen and oxygen atoms in total. The molecule has 2 aliphatic carbocycles. The van der Waals surface area contributed by atoms with E-state index in [0.29, 0.717) is 0 Å². The Morgan fingerprint density at radius 3 is 2.00 bits per heavy atom. The van der Waals surface area contributed by atoms with Crippen LogP contribution in [0, 0.1) is 0 Å². The maximum atomic E-state index is 2.56. The lowest BCUT2D eigenvalue weighted by molar-refractivity contribution is 0.618. The highest BCUT2D eigenvalue weighted by molar-refractivity contribution is 5.93. The van der Waals surface area contributed by atoms with Gasteiger partial charge in [0.2, 0.25) is 0 Å². The molecule has 0 bridgehead atoms. The average Bonchev–Trinajstić information content (AvgIpc) is 3.61. The van der Waals surface area contributed by atoms with Gasteiger partial charge in [-0.1, -0.05) is 135 Å². The molecule has 2 heterocycles. The zero-order valence-electron chi connectivity index (χ0n) is 33.0. The molecule has 0 fully saturated rings. The highest BCUT2D eigenvalue weighted by atomic mass is 15.2. The van der Waals surface area contributed by atoms with Gasteiger partial charge in [-0.25, -0.2) is 0 Å². The lowest BCUT2D eigenvalue weighted by atomic mass is 9.71. The predicted molar refractivity (Wildman–Crippen MR) is 245 cm³/mol. The Hall–Kier alpha value is -6.84. The van der Waals surface area contributed by atoms with Crippen molar-refractivity contribution in [3.8, 4) is 16.8 Å². The van der Waals surface area contributed by atoms with E-state index in [4.69, 9.17) is 0 Å². The molecule has 1 atom stereocenters. The van der Waals surface area contributed by atoms with Crippen molar-refractivity contribution in [3.05, 3.63) is 210 Å². The second-order valence-corrected chi connectivity index (χ2v) is 16.5. The molecule has 0 saturated heterocycles. The highest BCUT2D eigenvalue weighted by Crippen LogP contribution is 2.44. The summed E-state index contributed by atoms with van der Waals surface area (Å²) in [4.78, 5) is 4.94. The van der Waals surface area contributed by atoms with Crippen molar-refractivity contribution in [2.75, 3.05) is 9.80 Å². The standard InChI is InChI=1S/C55H45N3/c1-55(2)50-24-14-15-25-53(50)58-52-33-29-41(35-48(52)49-36-47(37-51(55)54(49)58)57(43-20-8-4-9-21-43)44-22-10-5-11-23-44)39-26-30-45(31-27-39)56(42-18-6-3-7-19-42)46-32-28-38-16-12-13-17-40(38)34-46/h4-6,8-36,47H,3,7,37H2,1-2H3. The number of anilines is 4. The van der Waals surface area contributed by atoms with Crippen LogP contribution in [0.15, 0.2) is 194 Å². The molecular formula is C55H45N3. The molecule has 1 unspecified atom stereocenters. The third-order valence-electron chi connectivity index (χ3n) is 12.7. The van der Waals surface area contributed by atoms with Crippen molar-refractivity contribution in [1.82, 2.24) is 4.57 Å². The number of hydrogen-bond acceptors (Lipinski definition) is 2. The van der Waals surface area contributed by atoms with E-state index >= 15 is 0 Å². The first kappa shape index (κ1) is 34.4. The van der Waals surface area contributed by atoms with Crippen molar-refractivity contribution in [2.24, 2.45) is 0 Å². The van der Waals surface area contributed by atoms with Crippen molar-refractivity contribution in [2.45, 2.75) is 44.6 Å². The van der Waals surface area contributed by atoms with Crippen molar-refractivity contribution in [3.63, 3.8) is 0 Å². The van der Waals surface area contributed by atoms with E-state index in [1.54, 1.807) is 0 Å². The summed E-state index contributed by atoms with van der Waals surface area (Å²) in [7, 11) is 0. The second-order valence-electron chi connectivity index (χ2n) is 16.5. The van der Waals surface area contributed by atoms with Crippen LogP contribution in [0.5, 0.6) is 0 Å². The maximum absolute atomic E-state index is 2.56. The van der Waals surface area contributed by atoms with Gasteiger partial charge in [-0.3, -0.25) is 0 Å². The summed E-state index contributed by atoms with van der Waals surface area (Å²) in [5, 5.41) is 6.49. The predicted octanol–water partition coefficient (Wildman–Crippen LogP) is 12.7. The van der Waals surface area contributed by atoms with Gasteiger partial charge in [0.15, 0.2) is 0 Å². The van der Waals surface area contributed by atoms with Crippen molar-refractivity contribution in [1.29, 1.82) is 0 Å². The lowest BCUT2D eigenvalue weighted by Crippen LogP contribution is -2.48. The Labute approximate surface area is 340 Å². The van der Waals surface area contributed by atoms with Gasteiger partial charge >= 0.3 is 0 Å². The SMILES string of the molecule is CC1(C)C2=c3c(c4cc(-c5ccc(N(C6=CCCC=C6)c6ccc7ccccc7c6)cc5)ccc4n3-c3ccccc31)=CC(N(c1ccccc1)c1ccccc1)C2. The summed E-state index contributed by atoms with van der Waals surface area (Å²) >= 11 is 0. The van der Waals surface area contributed by atoms with Gasteiger partial charge in [0.25, 0.3) is 0 Å². The smallest absolute Gasteiger partial charge is 0.0570 e. The van der Waals surface area contributed by atoms with Crippen LogP contribution in [0.1, 0.15) is 38.7 Å². The summed E-state index contributed by atoms with van der Waals surface area (Å²) < 4.78 is 2.56. The van der Waals surface area contributed by atoms with E-state index < -0.39 is 0 Å². The van der Waals surface area contributed by atoms with E-state index in [-0.39, 0.29) is 11.5 Å². The lowest BCUT2D eigenvalue weighted by Gasteiger charge is -2.41. The summed E-state index contributed by atoms with van der Waals surface area (Å²) in [6, 6.07) is 62.7. The fourth-order valence-corrected chi connectivity index (χ4v) is 9.89. The average molecular weight is 748 g/mol. The highest BCUT2D eigenvalue weighted by Gasteiger charge is 2.39. The van der Waals surface area contributed by atoms with Gasteiger partial charge in [-0.15, -0.1) is 0 Å². The molecule has 7 aromatic carbocycles. The number of para-hydroxylation sites is 3. The number of fused-ring (bicyclic) bond motifs is 6. The van der Waals surface area contributed by atoms with Gasteiger partial charge in [-0.2, -0.15) is 0 Å². The summed E-state index contributed by atoms with van der Waals surface area (Å²) in [6.45, 7) is 4.86. The van der Waals surface area contributed by atoms with Crippen LogP contribution < -0.4 is 20.4 Å². The zero-order valence-corrected chi connectivity index (χ0v) is 33.0. The first-order valence-electron chi connectivity index (χ1n) is 20.7. The Morgan fingerprint density at radius 2 is 1.26 bits per heavy atom. The first-order chi connectivity index (χ1) is 28.5. The zero-order chi connectivity index (χ0) is 38.8. The number of hydrogen-bond donors (Lipinski definition) is 0. The number of aromatic nitrogens is 1. The Bertz CT molecular complexity index is 3020. The monoisotopic (exact) mass is 747 g/mol. The number of nitrogens with zero attached hydrogens (tertiary/aromatic N) is 3. The first-order valence-corrected chi connectivity index (χ1v) is 20.7. The molecule has 3 heteroatoms. The van der Waals surface area contributed by atoms with Crippen LogP contribution >= 0.6 is 0 Å². The fourth-order valence-electron chi connectivity index (χ4n) is 9.89. The van der Waals surface area contributed by atoms with Gasteiger partial charge in [0.1, 0.15) is 0 Å². The van der Waals surface area contributed by atoms with Gasteiger partial charge in [0, 0.05) is 44.5 Å². The number of allylic oxidation sites excluding steroid dienone is 3. The van der Waals surface area contributed by atoms with Crippen LogP contribution in [0.25, 0.3) is 50.1 Å². The molecule has 8 aromatic rings. The van der Waals surface area contributed by atoms with Crippen LogP contribution in [-0.2, 0) is 5.41 Å². The fraction of sp³-hybridized carbons (Fsp3) is 0.127. The van der Waals surface area contributed by atoms with Gasteiger partial charge in [-0.05, 0) is 125 Å². The molecule has 0 saturated carbocycles. The van der Waals surface area contributed by atoms with Crippen molar-refractivity contribution >= 4 is 56.1 Å². The minimum absolute atomic E-state index is 0.128. The van der Waals surface area contributed by atoms with Crippen LogP contribution in [0.3, 0.4) is 0 Å². The molecule has 58 heavy (non-hydrogen) atoms. The topological polar surface area (TPSA) is 11.4 Å². The number of rotatable bonds is 7. The van der Waals surface area contributed by atoms with Gasteiger partial charge < -0.3 is 14.4 Å². The molecule has 0 N–H and O–H groups in total. The molecule has 3 aliphatic rings. The van der Waals surface area contributed by atoms with Gasteiger partial charge in [0.05, 0.1) is 22.6 Å². The summed E-state index contributed by atoms with van der Waals surface area (Å²) in [6.07, 6.45) is 12.5. The molecule has 1 aliphatic heterocycles. The largest absolute Gasteiger partial charge is 0.334 e. The Balaban J connectivity index is 1.07. The normalized spacial score (nSPS) is 16.3. The van der Waals surface area contributed by atoms with Crippen LogP contribution in [0.2, 0.25) is 0 Å². The van der Waals surface area contributed by atoms with Crippen molar-refractivity contribution < 1.29 is 0 Å². The molecule has 0 radical (unpaired) electrons. The molecular weight excluding hydrogens is 703 g/mol. The molecule has 1 aromatic heterocycles. The summed E-state index contributed by atoms with van der Waals surface area (Å²) in [5.41, 5.74) is 13.7.